The summed E-state index contributed by atoms with van der Waals surface area (Å²) < 4.78 is 30.4. The molecule has 1 rings (SSSR count). The van der Waals surface area contributed by atoms with Crippen molar-refractivity contribution in [2.24, 2.45) is 0 Å². The van der Waals surface area contributed by atoms with E-state index in [0.717, 1.165) is 13.3 Å². The van der Waals surface area contributed by atoms with Crippen LogP contribution in [-0.2, 0) is 18.4 Å². The Bertz CT molecular complexity index is 473. The van der Waals surface area contributed by atoms with E-state index < -0.39 is 26.4 Å². The summed E-state index contributed by atoms with van der Waals surface area (Å²) in [6.45, 7) is 16.6. The molecular formula is C14H34O8P2. The van der Waals surface area contributed by atoms with Crippen LogP contribution in [0.25, 0.3) is 0 Å². The van der Waals surface area contributed by atoms with Crippen molar-refractivity contribution < 1.29 is 38.2 Å². The maximum absolute atomic E-state index is 10.9. The highest BCUT2D eigenvalue weighted by molar-refractivity contribution is 7.52. The minimum atomic E-state index is -3.64. The van der Waals surface area contributed by atoms with Crippen LogP contribution in [0, 0.1) is 0 Å². The quantitative estimate of drug-likeness (QED) is 0.425. The van der Waals surface area contributed by atoms with Crippen molar-refractivity contribution in [1.82, 2.24) is 0 Å². The largest absolute Gasteiger partial charge is 0.387 e. The summed E-state index contributed by atoms with van der Waals surface area (Å²) in [7, 11) is -7.18. The van der Waals surface area contributed by atoms with Crippen molar-refractivity contribution in [3.05, 3.63) is 0 Å². The van der Waals surface area contributed by atoms with Crippen LogP contribution in [0.15, 0.2) is 0 Å². The average Bonchev–Trinajstić information content (AvgIpc) is 2.51. The predicted octanol–water partition coefficient (Wildman–Crippen LogP) is 2.74. The third-order valence-corrected chi connectivity index (χ3v) is 4.58. The van der Waals surface area contributed by atoms with Crippen LogP contribution >= 0.6 is 15.2 Å². The molecule has 1 saturated heterocycles. The summed E-state index contributed by atoms with van der Waals surface area (Å²) in [5, 5.41) is 9.55. The van der Waals surface area contributed by atoms with Crippen LogP contribution in [0.1, 0.15) is 55.4 Å². The van der Waals surface area contributed by atoms with Gasteiger partial charge in [-0.1, -0.05) is 0 Å². The zero-order valence-corrected chi connectivity index (χ0v) is 18.1. The molecule has 1 aliphatic rings. The van der Waals surface area contributed by atoms with Gasteiger partial charge in [-0.15, -0.1) is 0 Å². The number of rotatable bonds is 3. The summed E-state index contributed by atoms with van der Waals surface area (Å²) in [4.78, 5) is 24.2. The van der Waals surface area contributed by atoms with Crippen LogP contribution in [0.2, 0.25) is 0 Å². The first-order valence-corrected chi connectivity index (χ1v) is 11.5. The van der Waals surface area contributed by atoms with E-state index in [1.807, 2.05) is 0 Å². The van der Waals surface area contributed by atoms with E-state index in [0.29, 0.717) is 0 Å². The molecule has 0 radical (unpaired) electrons. The zero-order valence-electron chi connectivity index (χ0n) is 16.3. The molecule has 1 unspecified atom stereocenters. The van der Waals surface area contributed by atoms with Crippen LogP contribution in [-0.4, -0.2) is 55.5 Å². The fourth-order valence-electron chi connectivity index (χ4n) is 1.15. The zero-order chi connectivity index (χ0) is 20.4. The lowest BCUT2D eigenvalue weighted by atomic mass is 9.90. The second kappa shape index (κ2) is 7.85. The first-order chi connectivity index (χ1) is 9.91. The van der Waals surface area contributed by atoms with Gasteiger partial charge in [0.2, 0.25) is 0 Å². The molecule has 1 heterocycles. The molecule has 0 saturated carbocycles. The number of epoxide rings is 1. The summed E-state index contributed by atoms with van der Waals surface area (Å²) in [6.07, 6.45) is 0. The van der Waals surface area contributed by atoms with Gasteiger partial charge in [0.05, 0.1) is 16.8 Å². The Morgan fingerprint density at radius 2 is 1.08 bits per heavy atom. The molecule has 0 aliphatic carbocycles. The molecule has 0 aromatic rings. The Morgan fingerprint density at radius 1 is 0.875 bits per heavy atom. The minimum Gasteiger partial charge on any atom is -0.387 e. The minimum absolute atomic E-state index is 0.146. The maximum Gasteiger partial charge on any atom is 0.325 e. The van der Waals surface area contributed by atoms with Gasteiger partial charge in [-0.3, -0.25) is 13.7 Å². The van der Waals surface area contributed by atoms with Crippen molar-refractivity contribution in [2.45, 2.75) is 77.8 Å². The van der Waals surface area contributed by atoms with Gasteiger partial charge < -0.3 is 24.5 Å². The highest BCUT2D eigenvalue weighted by atomic mass is 31.2. The van der Waals surface area contributed by atoms with Gasteiger partial charge in [-0.25, -0.2) is 0 Å². The van der Waals surface area contributed by atoms with Crippen LogP contribution in [0.3, 0.4) is 0 Å². The third-order valence-electron chi connectivity index (χ3n) is 3.79. The van der Waals surface area contributed by atoms with Gasteiger partial charge in [-0.2, -0.15) is 0 Å². The van der Waals surface area contributed by atoms with E-state index in [4.69, 9.17) is 23.9 Å². The Labute approximate surface area is 145 Å². The molecule has 0 aromatic carbocycles. The first-order valence-electron chi connectivity index (χ1n) is 7.38. The van der Waals surface area contributed by atoms with Crippen molar-refractivity contribution in [1.29, 1.82) is 0 Å². The first kappa shape index (κ1) is 26.4. The van der Waals surface area contributed by atoms with Gasteiger partial charge in [0.1, 0.15) is 5.60 Å². The van der Waals surface area contributed by atoms with E-state index in [1.54, 1.807) is 13.8 Å². The standard InChI is InChI=1S/C7H17O4P.C6H12O.CH5O3P/c1-6(2,8)7(3,4)11-12(5,9)10;1-5(2)6(3,4)7-5;1-5(2,3)4/h8H,1-5H3,(H,9,10);1-4H3;1H3,(H2,2,3,4). The van der Waals surface area contributed by atoms with E-state index in [2.05, 4.69) is 27.7 Å². The molecule has 1 fully saturated rings. The summed E-state index contributed by atoms with van der Waals surface area (Å²) in [5.41, 5.74) is -1.90. The van der Waals surface area contributed by atoms with Crippen molar-refractivity contribution in [3.8, 4) is 0 Å². The van der Waals surface area contributed by atoms with E-state index in [9.17, 15) is 14.2 Å². The number of hydrogen-bond donors (Lipinski definition) is 4. The Hall–Kier alpha value is 0.220. The molecule has 24 heavy (non-hydrogen) atoms. The molecule has 10 heteroatoms. The van der Waals surface area contributed by atoms with Crippen LogP contribution < -0.4 is 0 Å². The molecule has 1 atom stereocenters. The predicted molar refractivity (Wildman–Crippen MR) is 94.4 cm³/mol. The molecule has 1 aliphatic heterocycles. The summed E-state index contributed by atoms with van der Waals surface area (Å²) in [5.74, 6) is 0. The number of aliphatic hydroxyl groups is 1. The topological polar surface area (TPSA) is 137 Å². The summed E-state index contributed by atoms with van der Waals surface area (Å²) >= 11 is 0. The normalized spacial score (nSPS) is 21.4. The lowest BCUT2D eigenvalue weighted by molar-refractivity contribution is -0.0940. The van der Waals surface area contributed by atoms with E-state index >= 15 is 0 Å². The number of hydrogen-bond acceptors (Lipinski definition) is 5. The summed E-state index contributed by atoms with van der Waals surface area (Å²) in [6, 6.07) is 0. The molecular weight excluding hydrogens is 358 g/mol. The maximum atomic E-state index is 10.9. The highest BCUT2D eigenvalue weighted by Gasteiger charge is 2.55. The molecule has 0 bridgehead atoms. The monoisotopic (exact) mass is 392 g/mol. The van der Waals surface area contributed by atoms with Gasteiger partial charge in [0.15, 0.2) is 0 Å². The highest BCUT2D eigenvalue weighted by Crippen LogP contribution is 2.46. The van der Waals surface area contributed by atoms with Gasteiger partial charge in [0, 0.05) is 13.3 Å². The van der Waals surface area contributed by atoms with Crippen LogP contribution in [0.4, 0.5) is 0 Å². The lowest BCUT2D eigenvalue weighted by Crippen LogP contribution is -2.46. The van der Waals surface area contributed by atoms with Crippen LogP contribution in [0.5, 0.6) is 0 Å². The fraction of sp³-hybridized carbons (Fsp3) is 1.00. The molecule has 148 valence electrons. The SMILES string of the molecule is CC(C)(O)C(C)(C)OP(C)(=O)O.CC1(C)OC1(C)C.CP(=O)(O)O. The number of ether oxygens (including phenoxy) is 1. The third kappa shape index (κ3) is 12.6. The Balaban J connectivity index is 0. The molecule has 4 N–H and O–H groups in total. The van der Waals surface area contributed by atoms with Gasteiger partial charge >= 0.3 is 15.2 Å². The Kier molecular flexibility index (Phi) is 8.65. The molecule has 8 nitrogen and oxygen atoms in total. The smallest absolute Gasteiger partial charge is 0.325 e. The lowest BCUT2D eigenvalue weighted by Gasteiger charge is -2.37. The fourth-order valence-corrected chi connectivity index (χ4v) is 2.22. The van der Waals surface area contributed by atoms with Crippen molar-refractivity contribution >= 4 is 15.2 Å². The second-order valence-electron chi connectivity index (χ2n) is 7.92. The molecule has 0 spiro atoms. The van der Waals surface area contributed by atoms with Crippen molar-refractivity contribution in [2.75, 3.05) is 13.3 Å². The average molecular weight is 392 g/mol. The van der Waals surface area contributed by atoms with Gasteiger partial charge in [-0.05, 0) is 55.4 Å². The molecule has 0 amide bonds. The molecule has 0 aromatic heterocycles. The second-order valence-corrected chi connectivity index (χ2v) is 11.4. The van der Waals surface area contributed by atoms with E-state index in [-0.39, 0.29) is 11.2 Å². The van der Waals surface area contributed by atoms with Crippen molar-refractivity contribution in [3.63, 3.8) is 0 Å². The van der Waals surface area contributed by atoms with E-state index in [1.165, 1.54) is 13.8 Å². The Morgan fingerprint density at radius 3 is 1.12 bits per heavy atom. The van der Waals surface area contributed by atoms with Gasteiger partial charge in [0.25, 0.3) is 0 Å².